The molecular weight excluding hydrogens is 382 g/mol. The molecule has 0 aromatic heterocycles. The number of benzene rings is 2. The molecule has 2 aromatic carbocycles. The SMILES string of the molecule is CCNCc1ccc(Oc2cc(Br)ccc2C)c(Br)c1. The minimum absolute atomic E-state index is 0.825. The lowest BCUT2D eigenvalue weighted by atomic mass is 10.2. The summed E-state index contributed by atoms with van der Waals surface area (Å²) in [5, 5.41) is 3.31. The van der Waals surface area contributed by atoms with Crippen LogP contribution in [0, 0.1) is 6.92 Å². The standard InChI is InChI=1S/C16H17Br2NO/c1-3-19-10-12-5-7-15(14(18)8-12)20-16-9-13(17)6-4-11(16)2/h4-9,19H,3,10H2,1-2H3. The molecule has 0 saturated heterocycles. The highest BCUT2D eigenvalue weighted by Crippen LogP contribution is 2.33. The minimum Gasteiger partial charge on any atom is -0.456 e. The van der Waals surface area contributed by atoms with E-state index in [1.165, 1.54) is 5.56 Å². The Morgan fingerprint density at radius 3 is 2.55 bits per heavy atom. The van der Waals surface area contributed by atoms with Gasteiger partial charge in [0.1, 0.15) is 11.5 Å². The second-order valence-corrected chi connectivity index (χ2v) is 6.33. The monoisotopic (exact) mass is 397 g/mol. The van der Waals surface area contributed by atoms with Crippen LogP contribution < -0.4 is 10.1 Å². The molecule has 0 aliphatic carbocycles. The Labute approximate surface area is 136 Å². The van der Waals surface area contributed by atoms with Gasteiger partial charge in [-0.1, -0.05) is 35.0 Å². The molecule has 0 unspecified atom stereocenters. The zero-order valence-electron chi connectivity index (χ0n) is 11.5. The average molecular weight is 399 g/mol. The van der Waals surface area contributed by atoms with E-state index in [2.05, 4.69) is 56.2 Å². The predicted octanol–water partition coefficient (Wildman–Crippen LogP) is 5.42. The van der Waals surface area contributed by atoms with E-state index in [9.17, 15) is 0 Å². The Kier molecular flexibility index (Phi) is 5.64. The van der Waals surface area contributed by atoms with Gasteiger partial charge in [-0.2, -0.15) is 0 Å². The fourth-order valence-electron chi connectivity index (χ4n) is 1.81. The number of ether oxygens (including phenoxy) is 1. The first-order chi connectivity index (χ1) is 9.60. The van der Waals surface area contributed by atoms with Gasteiger partial charge in [-0.15, -0.1) is 0 Å². The molecule has 1 N–H and O–H groups in total. The number of hydrogen-bond donors (Lipinski definition) is 1. The summed E-state index contributed by atoms with van der Waals surface area (Å²) in [4.78, 5) is 0. The van der Waals surface area contributed by atoms with Crippen LogP contribution in [0.25, 0.3) is 0 Å². The molecule has 2 rings (SSSR count). The van der Waals surface area contributed by atoms with Gasteiger partial charge in [0.15, 0.2) is 0 Å². The summed E-state index contributed by atoms with van der Waals surface area (Å²) >= 11 is 7.04. The van der Waals surface area contributed by atoms with E-state index in [4.69, 9.17) is 4.74 Å². The number of nitrogens with one attached hydrogen (secondary N) is 1. The van der Waals surface area contributed by atoms with Crippen LogP contribution in [0.3, 0.4) is 0 Å². The number of halogens is 2. The maximum absolute atomic E-state index is 5.98. The summed E-state index contributed by atoms with van der Waals surface area (Å²) in [5.74, 6) is 1.69. The van der Waals surface area contributed by atoms with E-state index < -0.39 is 0 Å². The zero-order chi connectivity index (χ0) is 14.5. The summed E-state index contributed by atoms with van der Waals surface area (Å²) in [6.45, 7) is 5.97. The molecule has 0 aliphatic rings. The molecule has 106 valence electrons. The normalized spacial score (nSPS) is 10.6. The molecule has 0 heterocycles. The summed E-state index contributed by atoms with van der Waals surface area (Å²) < 4.78 is 7.96. The van der Waals surface area contributed by atoms with E-state index in [0.29, 0.717) is 0 Å². The summed E-state index contributed by atoms with van der Waals surface area (Å²) in [6, 6.07) is 12.2. The third kappa shape index (κ3) is 4.08. The summed E-state index contributed by atoms with van der Waals surface area (Å²) in [6.07, 6.45) is 0. The molecule has 0 bridgehead atoms. The van der Waals surface area contributed by atoms with E-state index >= 15 is 0 Å². The predicted molar refractivity (Wildman–Crippen MR) is 90.5 cm³/mol. The van der Waals surface area contributed by atoms with Crippen molar-refractivity contribution in [1.29, 1.82) is 0 Å². The van der Waals surface area contributed by atoms with Crippen LogP contribution in [-0.2, 0) is 6.54 Å². The fourth-order valence-corrected chi connectivity index (χ4v) is 2.66. The van der Waals surface area contributed by atoms with Crippen LogP contribution in [-0.4, -0.2) is 6.54 Å². The second kappa shape index (κ2) is 7.25. The van der Waals surface area contributed by atoms with Crippen LogP contribution in [0.1, 0.15) is 18.1 Å². The molecule has 0 spiro atoms. The molecule has 0 atom stereocenters. The van der Waals surface area contributed by atoms with Crippen molar-refractivity contribution in [3.63, 3.8) is 0 Å². The largest absolute Gasteiger partial charge is 0.456 e. The Morgan fingerprint density at radius 2 is 1.85 bits per heavy atom. The van der Waals surface area contributed by atoms with Gasteiger partial charge in [-0.25, -0.2) is 0 Å². The molecule has 0 amide bonds. The van der Waals surface area contributed by atoms with Gasteiger partial charge in [-0.05, 0) is 64.8 Å². The lowest BCUT2D eigenvalue weighted by Gasteiger charge is -2.12. The Bertz CT molecular complexity index is 599. The van der Waals surface area contributed by atoms with Crippen molar-refractivity contribution in [3.05, 3.63) is 56.5 Å². The first kappa shape index (κ1) is 15.5. The molecular formula is C16H17Br2NO. The van der Waals surface area contributed by atoms with E-state index in [1.807, 2.05) is 31.2 Å². The highest BCUT2D eigenvalue weighted by Gasteiger charge is 2.07. The van der Waals surface area contributed by atoms with Crippen molar-refractivity contribution in [1.82, 2.24) is 5.32 Å². The second-order valence-electron chi connectivity index (χ2n) is 4.56. The molecule has 20 heavy (non-hydrogen) atoms. The topological polar surface area (TPSA) is 21.3 Å². The Morgan fingerprint density at radius 1 is 1.05 bits per heavy atom. The molecule has 2 nitrogen and oxygen atoms in total. The van der Waals surface area contributed by atoms with E-state index in [0.717, 1.165) is 39.1 Å². The van der Waals surface area contributed by atoms with E-state index in [1.54, 1.807) is 0 Å². The van der Waals surface area contributed by atoms with Crippen molar-refractivity contribution >= 4 is 31.9 Å². The van der Waals surface area contributed by atoms with Gasteiger partial charge >= 0.3 is 0 Å². The Balaban J connectivity index is 2.19. The number of hydrogen-bond acceptors (Lipinski definition) is 2. The number of rotatable bonds is 5. The van der Waals surface area contributed by atoms with Crippen molar-refractivity contribution in [3.8, 4) is 11.5 Å². The molecule has 2 aromatic rings. The van der Waals surface area contributed by atoms with Gasteiger partial charge in [0.2, 0.25) is 0 Å². The molecule has 0 radical (unpaired) electrons. The molecule has 0 saturated carbocycles. The zero-order valence-corrected chi connectivity index (χ0v) is 14.7. The quantitative estimate of drug-likeness (QED) is 0.725. The first-order valence-corrected chi connectivity index (χ1v) is 8.12. The highest BCUT2D eigenvalue weighted by molar-refractivity contribution is 9.10. The average Bonchev–Trinajstić information content (AvgIpc) is 2.43. The molecule has 0 aliphatic heterocycles. The Hall–Kier alpha value is -0.840. The van der Waals surface area contributed by atoms with Crippen LogP contribution in [0.2, 0.25) is 0 Å². The summed E-state index contributed by atoms with van der Waals surface area (Å²) in [5.41, 5.74) is 2.34. The fraction of sp³-hybridized carbons (Fsp3) is 0.250. The van der Waals surface area contributed by atoms with Crippen LogP contribution in [0.4, 0.5) is 0 Å². The van der Waals surface area contributed by atoms with Crippen molar-refractivity contribution in [2.24, 2.45) is 0 Å². The minimum atomic E-state index is 0.825. The van der Waals surface area contributed by atoms with Gasteiger partial charge in [0.05, 0.1) is 4.47 Å². The van der Waals surface area contributed by atoms with Gasteiger partial charge < -0.3 is 10.1 Å². The van der Waals surface area contributed by atoms with E-state index in [-0.39, 0.29) is 0 Å². The van der Waals surface area contributed by atoms with Gasteiger partial charge in [0, 0.05) is 11.0 Å². The number of aryl methyl sites for hydroxylation is 1. The molecule has 0 fully saturated rings. The summed E-state index contributed by atoms with van der Waals surface area (Å²) in [7, 11) is 0. The van der Waals surface area contributed by atoms with Crippen LogP contribution >= 0.6 is 31.9 Å². The maximum atomic E-state index is 5.98. The smallest absolute Gasteiger partial charge is 0.141 e. The van der Waals surface area contributed by atoms with Crippen molar-refractivity contribution in [2.45, 2.75) is 20.4 Å². The maximum Gasteiger partial charge on any atom is 0.141 e. The molecule has 4 heteroatoms. The lowest BCUT2D eigenvalue weighted by Crippen LogP contribution is -2.11. The highest BCUT2D eigenvalue weighted by atomic mass is 79.9. The first-order valence-electron chi connectivity index (χ1n) is 6.53. The van der Waals surface area contributed by atoms with Crippen LogP contribution in [0.15, 0.2) is 45.3 Å². The van der Waals surface area contributed by atoms with Crippen LogP contribution in [0.5, 0.6) is 11.5 Å². The third-order valence-electron chi connectivity index (χ3n) is 2.95. The van der Waals surface area contributed by atoms with Crippen molar-refractivity contribution in [2.75, 3.05) is 6.54 Å². The third-order valence-corrected chi connectivity index (χ3v) is 4.06. The van der Waals surface area contributed by atoms with Gasteiger partial charge in [0.25, 0.3) is 0 Å². The van der Waals surface area contributed by atoms with Gasteiger partial charge in [-0.3, -0.25) is 0 Å². The van der Waals surface area contributed by atoms with Crippen molar-refractivity contribution < 1.29 is 4.74 Å². The lowest BCUT2D eigenvalue weighted by molar-refractivity contribution is 0.475.